The van der Waals surface area contributed by atoms with Gasteiger partial charge in [-0.3, -0.25) is 9.48 Å². The summed E-state index contributed by atoms with van der Waals surface area (Å²) in [5, 5.41) is 4.32. The number of benzene rings is 1. The number of methoxy groups -OCH3 is 1. The maximum Gasteiger partial charge on any atom is 0.337 e. The van der Waals surface area contributed by atoms with Gasteiger partial charge in [0.2, 0.25) is 0 Å². The van der Waals surface area contributed by atoms with Gasteiger partial charge in [-0.25, -0.2) is 4.79 Å². The number of thiazole rings is 1. The van der Waals surface area contributed by atoms with Gasteiger partial charge in [0.1, 0.15) is 0 Å². The standard InChI is InChI=1S/C19H22N4O3S2/c1-5-23-12(2)10-14(21-23)17(24)20-19-22(8-9-27-4)15-7-6-13(18(25)26-3)11-16(15)28-19/h6-7,10-11H,5,8-9H2,1-4H3. The second-order valence-electron chi connectivity index (χ2n) is 6.11. The van der Waals surface area contributed by atoms with Crippen LogP contribution < -0.4 is 4.80 Å². The number of aromatic nitrogens is 3. The van der Waals surface area contributed by atoms with Crippen molar-refractivity contribution in [2.75, 3.05) is 19.1 Å². The third-order valence-electron chi connectivity index (χ3n) is 4.32. The number of amides is 1. The maximum absolute atomic E-state index is 12.7. The smallest absolute Gasteiger partial charge is 0.337 e. The molecular formula is C19H22N4O3S2. The largest absolute Gasteiger partial charge is 0.465 e. The molecule has 1 aromatic carbocycles. The van der Waals surface area contributed by atoms with E-state index in [1.165, 1.54) is 18.4 Å². The Labute approximate surface area is 171 Å². The molecule has 0 atom stereocenters. The number of aryl methyl sites for hydroxylation is 3. The van der Waals surface area contributed by atoms with E-state index in [1.54, 1.807) is 34.6 Å². The van der Waals surface area contributed by atoms with Crippen LogP contribution in [0.3, 0.4) is 0 Å². The van der Waals surface area contributed by atoms with E-state index >= 15 is 0 Å². The van der Waals surface area contributed by atoms with Gasteiger partial charge in [0, 0.05) is 24.5 Å². The molecule has 2 aromatic heterocycles. The van der Waals surface area contributed by atoms with Crippen LogP contribution in [-0.4, -0.2) is 45.3 Å². The van der Waals surface area contributed by atoms with Crippen molar-refractivity contribution in [1.82, 2.24) is 14.3 Å². The van der Waals surface area contributed by atoms with Crippen molar-refractivity contribution >= 4 is 45.2 Å². The summed E-state index contributed by atoms with van der Waals surface area (Å²) in [6, 6.07) is 7.14. The minimum absolute atomic E-state index is 0.337. The summed E-state index contributed by atoms with van der Waals surface area (Å²) in [7, 11) is 1.36. The first-order chi connectivity index (χ1) is 13.5. The van der Waals surface area contributed by atoms with Crippen molar-refractivity contribution in [3.63, 3.8) is 0 Å². The van der Waals surface area contributed by atoms with E-state index in [-0.39, 0.29) is 11.9 Å². The highest BCUT2D eigenvalue weighted by atomic mass is 32.2. The zero-order chi connectivity index (χ0) is 20.3. The Kier molecular flexibility index (Phi) is 6.35. The molecule has 2 heterocycles. The summed E-state index contributed by atoms with van der Waals surface area (Å²) >= 11 is 3.10. The van der Waals surface area contributed by atoms with E-state index in [9.17, 15) is 9.59 Å². The van der Waals surface area contributed by atoms with Crippen molar-refractivity contribution in [2.45, 2.75) is 26.9 Å². The van der Waals surface area contributed by atoms with Crippen molar-refractivity contribution in [3.8, 4) is 0 Å². The highest BCUT2D eigenvalue weighted by molar-refractivity contribution is 7.98. The predicted molar refractivity (Wildman–Crippen MR) is 112 cm³/mol. The number of carbonyl (C=O) groups is 2. The normalized spacial score (nSPS) is 11.9. The van der Waals surface area contributed by atoms with Crippen molar-refractivity contribution < 1.29 is 14.3 Å². The van der Waals surface area contributed by atoms with Gasteiger partial charge in [-0.1, -0.05) is 11.3 Å². The lowest BCUT2D eigenvalue weighted by molar-refractivity contribution is 0.0601. The number of hydrogen-bond acceptors (Lipinski definition) is 6. The first kappa shape index (κ1) is 20.3. The maximum atomic E-state index is 12.7. The van der Waals surface area contributed by atoms with Crippen LogP contribution in [0, 0.1) is 6.92 Å². The van der Waals surface area contributed by atoms with Crippen LogP contribution in [-0.2, 0) is 17.8 Å². The lowest BCUT2D eigenvalue weighted by Gasteiger charge is -2.04. The number of carbonyl (C=O) groups excluding carboxylic acids is 2. The van der Waals surface area contributed by atoms with Crippen molar-refractivity contribution in [3.05, 3.63) is 46.0 Å². The van der Waals surface area contributed by atoms with Crippen LogP contribution in [0.4, 0.5) is 0 Å². The second-order valence-corrected chi connectivity index (χ2v) is 8.10. The molecule has 0 unspecified atom stereocenters. The van der Waals surface area contributed by atoms with Gasteiger partial charge in [0.25, 0.3) is 5.91 Å². The zero-order valence-electron chi connectivity index (χ0n) is 16.3. The average Bonchev–Trinajstić information content (AvgIpc) is 3.24. The summed E-state index contributed by atoms with van der Waals surface area (Å²) in [6.45, 7) is 5.31. The van der Waals surface area contributed by atoms with E-state index in [0.717, 1.165) is 21.7 Å². The SMILES string of the molecule is CCn1nc(C(=O)N=c2sc3cc(C(=O)OC)ccc3n2CCSC)cc1C. The molecule has 7 nitrogen and oxygen atoms in total. The van der Waals surface area contributed by atoms with Crippen LogP contribution in [0.1, 0.15) is 33.5 Å². The summed E-state index contributed by atoms with van der Waals surface area (Å²) in [5.74, 6) is 0.129. The number of esters is 1. The first-order valence-electron chi connectivity index (χ1n) is 8.82. The Morgan fingerprint density at radius 2 is 2.11 bits per heavy atom. The monoisotopic (exact) mass is 418 g/mol. The molecule has 3 aromatic rings. The van der Waals surface area contributed by atoms with Crippen molar-refractivity contribution in [1.29, 1.82) is 0 Å². The first-order valence-corrected chi connectivity index (χ1v) is 11.0. The Bertz CT molecular complexity index is 1090. The topological polar surface area (TPSA) is 78.5 Å². The third kappa shape index (κ3) is 4.05. The Morgan fingerprint density at radius 3 is 2.75 bits per heavy atom. The molecule has 0 fully saturated rings. The van der Waals surface area contributed by atoms with Gasteiger partial charge in [-0.05, 0) is 44.4 Å². The van der Waals surface area contributed by atoms with Gasteiger partial charge >= 0.3 is 5.97 Å². The Hall–Kier alpha value is -2.39. The number of rotatable bonds is 6. The number of nitrogens with zero attached hydrogens (tertiary/aromatic N) is 4. The summed E-state index contributed by atoms with van der Waals surface area (Å²) < 4.78 is 9.47. The molecule has 0 aliphatic rings. The Morgan fingerprint density at radius 1 is 1.32 bits per heavy atom. The minimum atomic E-state index is -0.388. The van der Waals surface area contributed by atoms with Gasteiger partial charge in [0.05, 0.1) is 22.9 Å². The molecular weight excluding hydrogens is 396 g/mol. The molecule has 0 aliphatic heterocycles. The number of thioether (sulfide) groups is 1. The van der Waals surface area contributed by atoms with E-state index < -0.39 is 0 Å². The lowest BCUT2D eigenvalue weighted by atomic mass is 10.2. The van der Waals surface area contributed by atoms with Gasteiger partial charge in [0.15, 0.2) is 10.5 Å². The molecule has 3 rings (SSSR count). The van der Waals surface area contributed by atoms with Crippen LogP contribution in [0.25, 0.3) is 10.2 Å². The lowest BCUT2D eigenvalue weighted by Crippen LogP contribution is -2.18. The molecule has 0 saturated heterocycles. The fraction of sp³-hybridized carbons (Fsp3) is 0.368. The molecule has 28 heavy (non-hydrogen) atoms. The van der Waals surface area contributed by atoms with E-state index in [2.05, 4.69) is 10.1 Å². The number of hydrogen-bond donors (Lipinski definition) is 0. The van der Waals surface area contributed by atoms with E-state index in [1.807, 2.05) is 30.7 Å². The van der Waals surface area contributed by atoms with Gasteiger partial charge in [-0.15, -0.1) is 0 Å². The molecule has 0 N–H and O–H groups in total. The van der Waals surface area contributed by atoms with Crippen molar-refractivity contribution in [2.24, 2.45) is 4.99 Å². The Balaban J connectivity index is 2.09. The van der Waals surface area contributed by atoms with Gasteiger partial charge < -0.3 is 9.30 Å². The highest BCUT2D eigenvalue weighted by Gasteiger charge is 2.14. The molecule has 0 bridgehead atoms. The molecule has 0 aliphatic carbocycles. The average molecular weight is 419 g/mol. The van der Waals surface area contributed by atoms with Crippen LogP contribution in [0.2, 0.25) is 0 Å². The third-order valence-corrected chi connectivity index (χ3v) is 5.95. The number of fused-ring (bicyclic) bond motifs is 1. The van der Waals surface area contributed by atoms with E-state index in [0.29, 0.717) is 29.1 Å². The van der Waals surface area contributed by atoms with Crippen LogP contribution in [0.5, 0.6) is 0 Å². The zero-order valence-corrected chi connectivity index (χ0v) is 17.9. The van der Waals surface area contributed by atoms with E-state index in [4.69, 9.17) is 4.74 Å². The molecule has 1 amide bonds. The summed E-state index contributed by atoms with van der Waals surface area (Å²) in [5.41, 5.74) is 2.68. The number of ether oxygens (including phenoxy) is 1. The van der Waals surface area contributed by atoms with Crippen LogP contribution in [0.15, 0.2) is 29.3 Å². The highest BCUT2D eigenvalue weighted by Crippen LogP contribution is 2.20. The summed E-state index contributed by atoms with van der Waals surface area (Å²) in [6.07, 6.45) is 2.03. The minimum Gasteiger partial charge on any atom is -0.465 e. The molecule has 0 radical (unpaired) electrons. The molecule has 0 spiro atoms. The predicted octanol–water partition coefficient (Wildman–Crippen LogP) is 3.12. The van der Waals surface area contributed by atoms with Crippen LogP contribution >= 0.6 is 23.1 Å². The summed E-state index contributed by atoms with van der Waals surface area (Å²) in [4.78, 5) is 29.5. The second kappa shape index (κ2) is 8.74. The van der Waals surface area contributed by atoms with Gasteiger partial charge in [-0.2, -0.15) is 21.9 Å². The fourth-order valence-corrected chi connectivity index (χ4v) is 4.34. The molecule has 9 heteroatoms. The molecule has 148 valence electrons. The quantitative estimate of drug-likeness (QED) is 0.575. The fourth-order valence-electron chi connectivity index (χ4n) is 2.88. The molecule has 0 saturated carbocycles.